The van der Waals surface area contributed by atoms with Crippen LogP contribution in [0.2, 0.25) is 0 Å². The van der Waals surface area contributed by atoms with Crippen LogP contribution >= 0.6 is 11.8 Å². The summed E-state index contributed by atoms with van der Waals surface area (Å²) >= 11 is 1.47. The predicted octanol–water partition coefficient (Wildman–Crippen LogP) is -0.960. The van der Waals surface area contributed by atoms with Crippen LogP contribution in [0.3, 0.4) is 0 Å². The minimum absolute atomic E-state index is 0.204. The van der Waals surface area contributed by atoms with E-state index in [-0.39, 0.29) is 13.0 Å². The first-order valence-electron chi connectivity index (χ1n) is 5.84. The first-order valence-corrected chi connectivity index (χ1v) is 7.24. The number of nitrogens with one attached hydrogen (secondary N) is 1. The molecule has 0 aromatic carbocycles. The molecular weight excluding hydrogens is 272 g/mol. The molecule has 2 heterocycles. The summed E-state index contributed by atoms with van der Waals surface area (Å²) in [6.07, 6.45) is 1.32. The average molecular weight is 288 g/mol. The summed E-state index contributed by atoms with van der Waals surface area (Å²) in [5.74, 6) is 0.480. The fraction of sp³-hybridized carbons (Fsp3) is 0.636. The van der Waals surface area contributed by atoms with Crippen molar-refractivity contribution in [3.8, 4) is 0 Å². The van der Waals surface area contributed by atoms with Crippen LogP contribution in [-0.2, 0) is 10.5 Å². The van der Waals surface area contributed by atoms with Crippen molar-refractivity contribution in [3.05, 3.63) is 32.6 Å². The molecule has 1 fully saturated rings. The van der Waals surface area contributed by atoms with Crippen LogP contribution in [0, 0.1) is 0 Å². The highest BCUT2D eigenvalue weighted by Gasteiger charge is 2.35. The Morgan fingerprint density at radius 1 is 1.58 bits per heavy atom. The lowest BCUT2D eigenvalue weighted by molar-refractivity contribution is -0.0459. The number of ether oxygens (including phenoxy) is 1. The molecule has 19 heavy (non-hydrogen) atoms. The van der Waals surface area contributed by atoms with Crippen LogP contribution < -0.4 is 11.2 Å². The van der Waals surface area contributed by atoms with E-state index in [0.717, 1.165) is 0 Å². The van der Waals surface area contributed by atoms with Crippen LogP contribution in [0.5, 0.6) is 0 Å². The van der Waals surface area contributed by atoms with Gasteiger partial charge in [-0.1, -0.05) is 0 Å². The molecule has 8 heteroatoms. The number of hydrogen-bond donors (Lipinski definition) is 3. The highest BCUT2D eigenvalue weighted by Crippen LogP contribution is 2.27. The first kappa shape index (κ1) is 14.3. The lowest BCUT2D eigenvalue weighted by atomic mass is 10.2. The summed E-state index contributed by atoms with van der Waals surface area (Å²) < 4.78 is 6.65. The van der Waals surface area contributed by atoms with E-state index in [0.29, 0.717) is 11.3 Å². The topological polar surface area (TPSA) is 105 Å². The maximum Gasteiger partial charge on any atom is 0.330 e. The maximum absolute atomic E-state index is 11.8. The third kappa shape index (κ3) is 2.92. The second-order valence-corrected chi connectivity index (χ2v) is 5.23. The Morgan fingerprint density at radius 2 is 2.32 bits per heavy atom. The van der Waals surface area contributed by atoms with Gasteiger partial charge in [-0.05, 0) is 6.26 Å². The Kier molecular flexibility index (Phi) is 4.46. The fourth-order valence-electron chi connectivity index (χ4n) is 2.05. The van der Waals surface area contributed by atoms with Gasteiger partial charge in [-0.2, -0.15) is 11.8 Å². The SMILES string of the molecule is CSCc1cn([C@H]2CC(O)[C@@H](CO)O2)c(=O)[nH]c1=O. The first-order chi connectivity index (χ1) is 9.06. The number of aliphatic hydroxyl groups excluding tert-OH is 2. The molecule has 1 aromatic heterocycles. The zero-order valence-electron chi connectivity index (χ0n) is 10.4. The molecule has 0 radical (unpaired) electrons. The van der Waals surface area contributed by atoms with E-state index in [1.54, 1.807) is 0 Å². The normalized spacial score (nSPS) is 26.8. The monoisotopic (exact) mass is 288 g/mol. The standard InChI is InChI=1S/C11H16N2O5S/c1-19-5-6-3-13(11(17)12-10(6)16)9-2-7(15)8(4-14)18-9/h3,7-9,14-15H,2,4-5H2,1H3,(H,12,16,17)/t7?,8-,9-/m1/s1. The Bertz CT molecular complexity index is 555. The molecule has 1 aliphatic heterocycles. The molecule has 0 bridgehead atoms. The Morgan fingerprint density at radius 3 is 2.89 bits per heavy atom. The van der Waals surface area contributed by atoms with Crippen molar-refractivity contribution < 1.29 is 14.9 Å². The van der Waals surface area contributed by atoms with E-state index >= 15 is 0 Å². The number of rotatable bonds is 4. The summed E-state index contributed by atoms with van der Waals surface area (Å²) in [6.45, 7) is -0.312. The Hall–Kier alpha value is -1.09. The summed E-state index contributed by atoms with van der Waals surface area (Å²) in [5, 5.41) is 18.7. The van der Waals surface area contributed by atoms with Crippen LogP contribution in [0.25, 0.3) is 0 Å². The molecule has 0 amide bonds. The lowest BCUT2D eigenvalue weighted by Crippen LogP contribution is -2.34. The summed E-state index contributed by atoms with van der Waals surface area (Å²) in [7, 11) is 0. The molecule has 1 saturated heterocycles. The average Bonchev–Trinajstić information content (AvgIpc) is 2.74. The van der Waals surface area contributed by atoms with Crippen molar-refractivity contribution in [1.29, 1.82) is 0 Å². The fourth-order valence-corrected chi connectivity index (χ4v) is 2.57. The molecule has 106 valence electrons. The minimum atomic E-state index is -0.821. The minimum Gasteiger partial charge on any atom is -0.394 e. The van der Waals surface area contributed by atoms with Crippen LogP contribution in [0.15, 0.2) is 15.8 Å². The highest BCUT2D eigenvalue weighted by molar-refractivity contribution is 7.97. The molecule has 3 atom stereocenters. The van der Waals surface area contributed by atoms with Crippen molar-refractivity contribution >= 4 is 11.8 Å². The van der Waals surface area contributed by atoms with Gasteiger partial charge in [-0.3, -0.25) is 14.3 Å². The van der Waals surface area contributed by atoms with Crippen LogP contribution in [0.4, 0.5) is 0 Å². The summed E-state index contributed by atoms with van der Waals surface area (Å²) in [4.78, 5) is 25.6. The van der Waals surface area contributed by atoms with Crippen molar-refractivity contribution in [2.75, 3.05) is 12.9 Å². The quantitative estimate of drug-likeness (QED) is 0.659. The van der Waals surface area contributed by atoms with Gasteiger partial charge in [0.25, 0.3) is 5.56 Å². The second-order valence-electron chi connectivity index (χ2n) is 4.37. The van der Waals surface area contributed by atoms with Gasteiger partial charge in [0.05, 0.1) is 12.7 Å². The molecule has 1 aliphatic rings. The molecule has 1 aromatic rings. The molecule has 3 N–H and O–H groups in total. The smallest absolute Gasteiger partial charge is 0.330 e. The number of aromatic amines is 1. The van der Waals surface area contributed by atoms with Gasteiger partial charge in [0, 0.05) is 23.9 Å². The highest BCUT2D eigenvalue weighted by atomic mass is 32.2. The summed E-state index contributed by atoms with van der Waals surface area (Å²) in [5.41, 5.74) is -0.517. The maximum atomic E-state index is 11.8. The van der Waals surface area contributed by atoms with Crippen molar-refractivity contribution in [2.45, 2.75) is 30.6 Å². The van der Waals surface area contributed by atoms with Crippen LogP contribution in [0.1, 0.15) is 18.2 Å². The zero-order chi connectivity index (χ0) is 14.0. The molecule has 1 unspecified atom stereocenters. The summed E-state index contributed by atoms with van der Waals surface area (Å²) in [6, 6.07) is 0. The predicted molar refractivity (Wildman–Crippen MR) is 70.2 cm³/mol. The van der Waals surface area contributed by atoms with Gasteiger partial charge in [0.1, 0.15) is 12.3 Å². The van der Waals surface area contributed by atoms with Gasteiger partial charge in [0.15, 0.2) is 0 Å². The van der Waals surface area contributed by atoms with E-state index in [9.17, 15) is 14.7 Å². The van der Waals surface area contributed by atoms with Gasteiger partial charge in [0.2, 0.25) is 0 Å². The van der Waals surface area contributed by atoms with Gasteiger partial charge >= 0.3 is 5.69 Å². The number of hydrogen-bond acceptors (Lipinski definition) is 6. The van der Waals surface area contributed by atoms with Crippen molar-refractivity contribution in [2.24, 2.45) is 0 Å². The van der Waals surface area contributed by atoms with Crippen LogP contribution in [-0.4, -0.2) is 44.8 Å². The van der Waals surface area contributed by atoms with E-state index < -0.39 is 29.7 Å². The Labute approximate surface area is 113 Å². The number of nitrogens with zero attached hydrogens (tertiary/aromatic N) is 1. The van der Waals surface area contributed by atoms with Crippen molar-refractivity contribution in [1.82, 2.24) is 9.55 Å². The number of H-pyrrole nitrogens is 1. The molecule has 0 aliphatic carbocycles. The number of aromatic nitrogens is 2. The molecule has 7 nitrogen and oxygen atoms in total. The van der Waals surface area contributed by atoms with E-state index in [4.69, 9.17) is 9.84 Å². The van der Waals surface area contributed by atoms with Gasteiger partial charge in [-0.25, -0.2) is 4.79 Å². The molecule has 0 saturated carbocycles. The molecular formula is C11H16N2O5S. The number of aliphatic hydroxyl groups is 2. The molecule has 2 rings (SSSR count). The largest absolute Gasteiger partial charge is 0.394 e. The van der Waals surface area contributed by atoms with E-state index in [1.807, 2.05) is 6.26 Å². The third-order valence-corrected chi connectivity index (χ3v) is 3.64. The second kappa shape index (κ2) is 5.91. The van der Waals surface area contributed by atoms with Gasteiger partial charge in [-0.15, -0.1) is 0 Å². The van der Waals surface area contributed by atoms with E-state index in [2.05, 4.69) is 4.98 Å². The number of thioether (sulfide) groups is 1. The van der Waals surface area contributed by atoms with Gasteiger partial charge < -0.3 is 14.9 Å². The lowest BCUT2D eigenvalue weighted by Gasteiger charge is -2.15. The third-order valence-electron chi connectivity index (χ3n) is 3.04. The van der Waals surface area contributed by atoms with Crippen molar-refractivity contribution in [3.63, 3.8) is 0 Å². The zero-order valence-corrected chi connectivity index (χ0v) is 11.2. The van der Waals surface area contributed by atoms with E-state index in [1.165, 1.54) is 22.5 Å². The molecule has 0 spiro atoms. The Balaban J connectivity index is 2.33.